The van der Waals surface area contributed by atoms with E-state index in [1.165, 1.54) is 12.1 Å². The maximum atomic E-state index is 13.7. The summed E-state index contributed by atoms with van der Waals surface area (Å²) < 4.78 is 27.9. The lowest BCUT2D eigenvalue weighted by Gasteiger charge is -2.05. The van der Waals surface area contributed by atoms with Crippen LogP contribution in [0.3, 0.4) is 0 Å². The van der Waals surface area contributed by atoms with Crippen LogP contribution in [0.2, 0.25) is 5.02 Å². The van der Waals surface area contributed by atoms with E-state index in [1.807, 2.05) is 35.9 Å². The highest BCUT2D eigenvalue weighted by molar-refractivity contribution is 7.83. The Bertz CT molecular complexity index is 842. The molecule has 22 heavy (non-hydrogen) atoms. The number of hydrogen-bond acceptors (Lipinski definition) is 2. The van der Waals surface area contributed by atoms with Gasteiger partial charge in [0.2, 0.25) is 0 Å². The third kappa shape index (κ3) is 3.05. The number of fused-ring (bicyclic) bond motifs is 1. The molecular formula is C16H14ClFN2OS. The van der Waals surface area contributed by atoms with Gasteiger partial charge in [-0.25, -0.2) is 9.37 Å². The molecule has 6 heteroatoms. The van der Waals surface area contributed by atoms with Gasteiger partial charge in [0.05, 0.1) is 17.2 Å². The largest absolute Gasteiger partial charge is 0.307 e. The Kier molecular flexibility index (Phi) is 4.27. The smallest absolute Gasteiger partial charge is 0.139 e. The molecular weight excluding hydrogens is 323 g/mol. The van der Waals surface area contributed by atoms with Gasteiger partial charge >= 0.3 is 0 Å². The first-order chi connectivity index (χ1) is 10.5. The van der Waals surface area contributed by atoms with E-state index in [0.717, 1.165) is 16.9 Å². The predicted octanol–water partition coefficient (Wildman–Crippen LogP) is 3.88. The zero-order valence-electron chi connectivity index (χ0n) is 11.9. The average molecular weight is 337 g/mol. The zero-order valence-corrected chi connectivity index (χ0v) is 13.5. The molecule has 0 saturated carbocycles. The average Bonchev–Trinajstić information content (AvgIpc) is 2.87. The standard InChI is InChI=1S/C16H14ClFN2OS/c1-11-4-3-7-20-8-12(19-16(11)20)9-22(21)10-13-14(17)5-2-6-15(13)18/h2-8H,9-10H2,1H3/t22-/m1/s1. The summed E-state index contributed by atoms with van der Waals surface area (Å²) in [6.07, 6.45) is 3.75. The normalized spacial score (nSPS) is 12.7. The minimum atomic E-state index is -1.28. The monoisotopic (exact) mass is 336 g/mol. The molecule has 0 spiro atoms. The van der Waals surface area contributed by atoms with Crippen LogP contribution < -0.4 is 0 Å². The Morgan fingerprint density at radius 3 is 2.82 bits per heavy atom. The predicted molar refractivity (Wildman–Crippen MR) is 86.9 cm³/mol. The molecule has 114 valence electrons. The van der Waals surface area contributed by atoms with Gasteiger partial charge in [-0.3, -0.25) is 4.21 Å². The third-order valence-electron chi connectivity index (χ3n) is 3.40. The summed E-state index contributed by atoms with van der Waals surface area (Å²) in [5.74, 6) is -0.0730. The molecule has 2 aromatic heterocycles. The van der Waals surface area contributed by atoms with Crippen molar-refractivity contribution in [3.8, 4) is 0 Å². The van der Waals surface area contributed by atoms with Crippen molar-refractivity contribution in [2.24, 2.45) is 0 Å². The van der Waals surface area contributed by atoms with E-state index >= 15 is 0 Å². The number of aryl methyl sites for hydroxylation is 1. The van der Waals surface area contributed by atoms with Crippen molar-refractivity contribution in [1.82, 2.24) is 9.38 Å². The van der Waals surface area contributed by atoms with E-state index in [-0.39, 0.29) is 11.5 Å². The molecule has 0 aliphatic carbocycles. The minimum absolute atomic E-state index is 0.0817. The Labute approximate surface area is 135 Å². The van der Waals surface area contributed by atoms with Crippen molar-refractivity contribution in [3.63, 3.8) is 0 Å². The van der Waals surface area contributed by atoms with Crippen molar-refractivity contribution in [1.29, 1.82) is 0 Å². The number of benzene rings is 1. The summed E-state index contributed by atoms with van der Waals surface area (Å²) >= 11 is 5.97. The molecule has 0 radical (unpaired) electrons. The van der Waals surface area contributed by atoms with Crippen LogP contribution in [0, 0.1) is 12.7 Å². The molecule has 0 saturated heterocycles. The molecule has 3 nitrogen and oxygen atoms in total. The minimum Gasteiger partial charge on any atom is -0.307 e. The van der Waals surface area contributed by atoms with Crippen LogP contribution in [0.15, 0.2) is 42.7 Å². The zero-order chi connectivity index (χ0) is 15.7. The molecule has 0 aliphatic heterocycles. The first-order valence-electron chi connectivity index (χ1n) is 6.75. The number of halogens is 2. The molecule has 0 fully saturated rings. The van der Waals surface area contributed by atoms with E-state index < -0.39 is 16.6 Å². The van der Waals surface area contributed by atoms with Crippen molar-refractivity contribution in [2.45, 2.75) is 18.4 Å². The molecule has 0 bridgehead atoms. The van der Waals surface area contributed by atoms with E-state index in [1.54, 1.807) is 6.07 Å². The van der Waals surface area contributed by atoms with Crippen LogP contribution in [-0.4, -0.2) is 13.6 Å². The van der Waals surface area contributed by atoms with Gasteiger partial charge in [0, 0.05) is 33.8 Å². The molecule has 0 aliphatic rings. The van der Waals surface area contributed by atoms with Gasteiger partial charge in [0.25, 0.3) is 0 Å². The molecule has 3 rings (SSSR count). The van der Waals surface area contributed by atoms with E-state index in [2.05, 4.69) is 4.98 Å². The molecule has 1 aromatic carbocycles. The summed E-state index contributed by atoms with van der Waals surface area (Å²) in [5, 5.41) is 0.305. The fraction of sp³-hybridized carbons (Fsp3) is 0.188. The van der Waals surface area contributed by atoms with Gasteiger partial charge in [0.15, 0.2) is 0 Å². The Balaban J connectivity index is 1.80. The highest BCUT2D eigenvalue weighted by atomic mass is 35.5. The van der Waals surface area contributed by atoms with Crippen molar-refractivity contribution in [3.05, 3.63) is 70.4 Å². The third-order valence-corrected chi connectivity index (χ3v) is 4.99. The van der Waals surface area contributed by atoms with Gasteiger partial charge in [-0.15, -0.1) is 0 Å². The number of hydrogen-bond donors (Lipinski definition) is 0. The summed E-state index contributed by atoms with van der Waals surface area (Å²) in [5.41, 5.74) is 2.91. The second kappa shape index (κ2) is 6.18. The number of imidazole rings is 1. The lowest BCUT2D eigenvalue weighted by atomic mass is 10.2. The van der Waals surface area contributed by atoms with Gasteiger partial charge < -0.3 is 4.40 Å². The lowest BCUT2D eigenvalue weighted by Crippen LogP contribution is -2.02. The van der Waals surface area contributed by atoms with Gasteiger partial charge in [-0.1, -0.05) is 23.7 Å². The summed E-state index contributed by atoms with van der Waals surface area (Å²) in [7, 11) is -1.28. The molecule has 2 heterocycles. The van der Waals surface area contributed by atoms with Crippen LogP contribution >= 0.6 is 11.6 Å². The van der Waals surface area contributed by atoms with Crippen molar-refractivity contribution in [2.75, 3.05) is 0 Å². The maximum Gasteiger partial charge on any atom is 0.139 e. The highest BCUT2D eigenvalue weighted by Gasteiger charge is 2.13. The van der Waals surface area contributed by atoms with E-state index in [0.29, 0.717) is 10.6 Å². The number of aromatic nitrogens is 2. The SMILES string of the molecule is Cc1cccn2cc(C[S@@](=O)Cc3c(F)cccc3Cl)nc12. The molecule has 0 amide bonds. The Hall–Kier alpha value is -1.72. The van der Waals surface area contributed by atoms with Crippen LogP contribution in [0.25, 0.3) is 5.65 Å². The van der Waals surface area contributed by atoms with Gasteiger partial charge in [0.1, 0.15) is 11.5 Å². The first kappa shape index (κ1) is 15.2. The fourth-order valence-corrected chi connectivity index (χ4v) is 3.82. The topological polar surface area (TPSA) is 34.4 Å². The fourth-order valence-electron chi connectivity index (χ4n) is 2.32. The van der Waals surface area contributed by atoms with E-state index in [9.17, 15) is 8.60 Å². The molecule has 1 atom stereocenters. The second-order valence-electron chi connectivity index (χ2n) is 5.08. The number of nitrogens with zero attached hydrogens (tertiary/aromatic N) is 2. The van der Waals surface area contributed by atoms with E-state index in [4.69, 9.17) is 11.6 Å². The Morgan fingerprint density at radius 1 is 1.27 bits per heavy atom. The summed E-state index contributed by atoms with van der Waals surface area (Å²) in [6.45, 7) is 1.97. The van der Waals surface area contributed by atoms with Gasteiger partial charge in [-0.2, -0.15) is 0 Å². The first-order valence-corrected chi connectivity index (χ1v) is 8.62. The van der Waals surface area contributed by atoms with Crippen LogP contribution in [0.4, 0.5) is 4.39 Å². The van der Waals surface area contributed by atoms with Crippen LogP contribution in [0.1, 0.15) is 16.8 Å². The molecule has 0 unspecified atom stereocenters. The number of rotatable bonds is 4. The molecule has 3 aromatic rings. The Morgan fingerprint density at radius 2 is 2.09 bits per heavy atom. The van der Waals surface area contributed by atoms with Crippen molar-refractivity contribution >= 4 is 28.0 Å². The maximum absolute atomic E-state index is 13.7. The summed E-state index contributed by atoms with van der Waals surface area (Å²) in [6, 6.07) is 8.37. The van der Waals surface area contributed by atoms with Gasteiger partial charge in [-0.05, 0) is 30.7 Å². The van der Waals surface area contributed by atoms with Crippen LogP contribution in [0.5, 0.6) is 0 Å². The highest BCUT2D eigenvalue weighted by Crippen LogP contribution is 2.21. The molecule has 0 N–H and O–H groups in total. The summed E-state index contributed by atoms with van der Waals surface area (Å²) in [4.78, 5) is 4.48. The van der Waals surface area contributed by atoms with Crippen molar-refractivity contribution < 1.29 is 8.60 Å². The quantitative estimate of drug-likeness (QED) is 0.724. The lowest BCUT2D eigenvalue weighted by molar-refractivity contribution is 0.615. The number of pyridine rings is 1. The van der Waals surface area contributed by atoms with Crippen LogP contribution in [-0.2, 0) is 22.3 Å². The second-order valence-corrected chi connectivity index (χ2v) is 6.95.